The zero-order chi connectivity index (χ0) is 16.4. The van der Waals surface area contributed by atoms with Gasteiger partial charge < -0.3 is 10.6 Å². The van der Waals surface area contributed by atoms with Crippen molar-refractivity contribution in [1.29, 1.82) is 0 Å². The number of hydrogen-bond donors (Lipinski definition) is 2. The summed E-state index contributed by atoms with van der Waals surface area (Å²) in [6.07, 6.45) is -3.06. The van der Waals surface area contributed by atoms with Crippen LogP contribution in [0, 0.1) is 6.92 Å². The predicted octanol–water partition coefficient (Wildman–Crippen LogP) is 3.78. The van der Waals surface area contributed by atoms with Crippen LogP contribution in [0.3, 0.4) is 0 Å². The number of unbranched alkanes of at least 4 members (excludes halogenated alkanes) is 1. The summed E-state index contributed by atoms with van der Waals surface area (Å²) < 4.78 is 36.6. The third kappa shape index (κ3) is 8.54. The smallest absolute Gasteiger partial charge is 0.356 e. The van der Waals surface area contributed by atoms with E-state index in [4.69, 9.17) is 0 Å². The average molecular weight is 315 g/mol. The van der Waals surface area contributed by atoms with E-state index in [1.54, 1.807) is 0 Å². The lowest BCUT2D eigenvalue weighted by Crippen LogP contribution is -2.39. The van der Waals surface area contributed by atoms with Gasteiger partial charge in [-0.05, 0) is 18.9 Å². The molecule has 0 heterocycles. The monoisotopic (exact) mass is 315 g/mol. The SMILES string of the molecule is CCCCNC(=NCc1ccc(C)cc1)NCCC(F)(F)F. The van der Waals surface area contributed by atoms with Crippen LogP contribution in [0.4, 0.5) is 13.2 Å². The van der Waals surface area contributed by atoms with E-state index in [9.17, 15) is 13.2 Å². The predicted molar refractivity (Wildman–Crippen MR) is 83.9 cm³/mol. The summed E-state index contributed by atoms with van der Waals surface area (Å²) in [7, 11) is 0. The molecular formula is C16H24F3N3. The molecule has 124 valence electrons. The second-order valence-electron chi connectivity index (χ2n) is 5.22. The van der Waals surface area contributed by atoms with Gasteiger partial charge in [0.1, 0.15) is 0 Å². The van der Waals surface area contributed by atoms with Crippen molar-refractivity contribution >= 4 is 5.96 Å². The number of nitrogens with zero attached hydrogens (tertiary/aromatic N) is 1. The van der Waals surface area contributed by atoms with Crippen LogP contribution >= 0.6 is 0 Å². The highest BCUT2D eigenvalue weighted by molar-refractivity contribution is 5.79. The lowest BCUT2D eigenvalue weighted by atomic mass is 10.1. The normalized spacial score (nSPS) is 12.3. The summed E-state index contributed by atoms with van der Waals surface area (Å²) in [5, 5.41) is 5.80. The average Bonchev–Trinajstić information content (AvgIpc) is 2.45. The van der Waals surface area contributed by atoms with Crippen molar-refractivity contribution in [2.75, 3.05) is 13.1 Å². The molecule has 0 radical (unpaired) electrons. The van der Waals surface area contributed by atoms with Crippen LogP contribution in [-0.4, -0.2) is 25.2 Å². The zero-order valence-electron chi connectivity index (χ0n) is 13.1. The third-order valence-electron chi connectivity index (χ3n) is 3.06. The summed E-state index contributed by atoms with van der Waals surface area (Å²) in [4.78, 5) is 4.34. The van der Waals surface area contributed by atoms with Gasteiger partial charge in [0.2, 0.25) is 0 Å². The zero-order valence-corrected chi connectivity index (χ0v) is 13.1. The fourth-order valence-corrected chi connectivity index (χ4v) is 1.74. The largest absolute Gasteiger partial charge is 0.390 e. The number of halogens is 3. The van der Waals surface area contributed by atoms with E-state index in [0.29, 0.717) is 19.0 Å². The second-order valence-corrected chi connectivity index (χ2v) is 5.22. The summed E-state index contributed by atoms with van der Waals surface area (Å²) in [6.45, 7) is 5.02. The van der Waals surface area contributed by atoms with Gasteiger partial charge in [-0.3, -0.25) is 0 Å². The Morgan fingerprint density at radius 1 is 1.09 bits per heavy atom. The number of aliphatic imine (C=N–C) groups is 1. The minimum absolute atomic E-state index is 0.171. The number of hydrogen-bond acceptors (Lipinski definition) is 1. The van der Waals surface area contributed by atoms with Crippen molar-refractivity contribution in [3.05, 3.63) is 35.4 Å². The van der Waals surface area contributed by atoms with E-state index in [2.05, 4.69) is 22.5 Å². The molecule has 2 N–H and O–H groups in total. The maximum Gasteiger partial charge on any atom is 0.390 e. The number of benzene rings is 1. The molecule has 0 aliphatic carbocycles. The first-order chi connectivity index (χ1) is 10.4. The van der Waals surface area contributed by atoms with Crippen LogP contribution in [0.5, 0.6) is 0 Å². The lowest BCUT2D eigenvalue weighted by Gasteiger charge is -2.13. The Morgan fingerprint density at radius 3 is 2.32 bits per heavy atom. The maximum absolute atomic E-state index is 12.2. The minimum Gasteiger partial charge on any atom is -0.356 e. The number of nitrogens with one attached hydrogen (secondary N) is 2. The van der Waals surface area contributed by atoms with Crippen LogP contribution in [0.2, 0.25) is 0 Å². The summed E-state index contributed by atoms with van der Waals surface area (Å²) in [5.74, 6) is 0.429. The van der Waals surface area contributed by atoms with Gasteiger partial charge in [0.25, 0.3) is 0 Å². The highest BCUT2D eigenvalue weighted by Crippen LogP contribution is 2.18. The molecule has 6 heteroatoms. The van der Waals surface area contributed by atoms with Crippen molar-refractivity contribution in [3.63, 3.8) is 0 Å². The standard InChI is InChI=1S/C16H24F3N3/c1-3-4-10-20-15(21-11-9-16(17,18)19)22-12-14-7-5-13(2)6-8-14/h5-8H,3-4,9-12H2,1-2H3,(H2,20,21,22). The Hall–Kier alpha value is -1.72. The molecule has 0 aromatic heterocycles. The lowest BCUT2D eigenvalue weighted by molar-refractivity contribution is -0.132. The highest BCUT2D eigenvalue weighted by Gasteiger charge is 2.26. The molecule has 0 saturated heterocycles. The first-order valence-corrected chi connectivity index (χ1v) is 7.55. The molecule has 0 bridgehead atoms. The molecule has 0 spiro atoms. The fourth-order valence-electron chi connectivity index (χ4n) is 1.74. The van der Waals surface area contributed by atoms with Crippen molar-refractivity contribution < 1.29 is 13.2 Å². The van der Waals surface area contributed by atoms with E-state index in [1.165, 1.54) is 0 Å². The number of aryl methyl sites for hydroxylation is 1. The number of alkyl halides is 3. The van der Waals surface area contributed by atoms with E-state index < -0.39 is 12.6 Å². The molecule has 3 nitrogen and oxygen atoms in total. The molecule has 0 fully saturated rings. The molecule has 0 aliphatic rings. The number of guanidine groups is 1. The summed E-state index contributed by atoms with van der Waals surface area (Å²) in [6, 6.07) is 7.93. The Balaban J connectivity index is 2.54. The number of rotatable bonds is 7. The van der Waals surface area contributed by atoms with Gasteiger partial charge in [-0.1, -0.05) is 43.2 Å². The quantitative estimate of drug-likeness (QED) is 0.456. The third-order valence-corrected chi connectivity index (χ3v) is 3.06. The van der Waals surface area contributed by atoms with Crippen LogP contribution < -0.4 is 10.6 Å². The van der Waals surface area contributed by atoms with Crippen molar-refractivity contribution in [3.8, 4) is 0 Å². The minimum atomic E-state index is -4.15. The van der Waals surface area contributed by atoms with E-state index in [0.717, 1.165) is 24.0 Å². The van der Waals surface area contributed by atoms with Crippen LogP contribution in [-0.2, 0) is 6.54 Å². The summed E-state index contributed by atoms with van der Waals surface area (Å²) in [5.41, 5.74) is 2.19. The molecule has 1 aromatic rings. The Labute approximate surface area is 130 Å². The molecule has 0 amide bonds. The molecule has 0 unspecified atom stereocenters. The topological polar surface area (TPSA) is 36.4 Å². The second kappa shape index (κ2) is 9.33. The van der Waals surface area contributed by atoms with Crippen LogP contribution in [0.15, 0.2) is 29.3 Å². The first kappa shape index (κ1) is 18.3. The molecule has 1 rings (SSSR count). The molecule has 0 saturated carbocycles. The van der Waals surface area contributed by atoms with E-state index in [-0.39, 0.29) is 6.54 Å². The van der Waals surface area contributed by atoms with Gasteiger partial charge in [-0.15, -0.1) is 0 Å². The fraction of sp³-hybridized carbons (Fsp3) is 0.562. The van der Waals surface area contributed by atoms with Crippen molar-refractivity contribution in [1.82, 2.24) is 10.6 Å². The van der Waals surface area contributed by atoms with Crippen molar-refractivity contribution in [2.45, 2.75) is 45.8 Å². The van der Waals surface area contributed by atoms with Gasteiger partial charge in [0.05, 0.1) is 13.0 Å². The molecular weight excluding hydrogens is 291 g/mol. The van der Waals surface area contributed by atoms with Gasteiger partial charge in [-0.2, -0.15) is 13.2 Å². The Kier molecular flexibility index (Phi) is 7.77. The van der Waals surface area contributed by atoms with Gasteiger partial charge >= 0.3 is 6.18 Å². The van der Waals surface area contributed by atoms with Gasteiger partial charge in [0.15, 0.2) is 5.96 Å². The maximum atomic E-state index is 12.2. The van der Waals surface area contributed by atoms with Crippen LogP contribution in [0.1, 0.15) is 37.3 Å². The van der Waals surface area contributed by atoms with Crippen LogP contribution in [0.25, 0.3) is 0 Å². The van der Waals surface area contributed by atoms with Gasteiger partial charge in [-0.25, -0.2) is 4.99 Å². The van der Waals surface area contributed by atoms with Gasteiger partial charge in [0, 0.05) is 13.1 Å². The summed E-state index contributed by atoms with van der Waals surface area (Å²) >= 11 is 0. The molecule has 22 heavy (non-hydrogen) atoms. The Morgan fingerprint density at radius 2 is 1.73 bits per heavy atom. The van der Waals surface area contributed by atoms with E-state index in [1.807, 2.05) is 31.2 Å². The highest BCUT2D eigenvalue weighted by atomic mass is 19.4. The Bertz CT molecular complexity index is 453. The molecule has 0 aliphatic heterocycles. The molecule has 1 aromatic carbocycles. The van der Waals surface area contributed by atoms with Crippen molar-refractivity contribution in [2.24, 2.45) is 4.99 Å². The molecule has 0 atom stereocenters. The van der Waals surface area contributed by atoms with E-state index >= 15 is 0 Å². The first-order valence-electron chi connectivity index (χ1n) is 7.55.